The summed E-state index contributed by atoms with van der Waals surface area (Å²) in [6.07, 6.45) is 0. The molecule has 0 spiro atoms. The lowest BCUT2D eigenvalue weighted by Gasteiger charge is -2.08. The molecule has 5 rings (SSSR count). The van der Waals surface area contributed by atoms with E-state index in [1.54, 1.807) is 24.3 Å². The van der Waals surface area contributed by atoms with Crippen LogP contribution in [0.15, 0.2) is 89.3 Å². The summed E-state index contributed by atoms with van der Waals surface area (Å²) in [7, 11) is 0. The number of fused-ring (bicyclic) bond motifs is 3. The summed E-state index contributed by atoms with van der Waals surface area (Å²) in [6, 6.07) is 24.8. The van der Waals surface area contributed by atoms with Gasteiger partial charge >= 0.3 is 5.69 Å². The van der Waals surface area contributed by atoms with Crippen molar-refractivity contribution in [1.82, 2.24) is 4.98 Å². The van der Waals surface area contributed by atoms with Gasteiger partial charge in [-0.15, -0.1) is 0 Å². The van der Waals surface area contributed by atoms with E-state index in [-0.39, 0.29) is 18.0 Å². The number of carbonyl (C=O) groups excluding carboxylic acids is 1. The predicted molar refractivity (Wildman–Crippen MR) is 124 cm³/mol. The highest BCUT2D eigenvalue weighted by atomic mass is 16.6. The van der Waals surface area contributed by atoms with E-state index >= 15 is 0 Å². The first kappa shape index (κ1) is 20.2. The van der Waals surface area contributed by atoms with Gasteiger partial charge < -0.3 is 14.5 Å². The van der Waals surface area contributed by atoms with E-state index < -0.39 is 10.8 Å². The fourth-order valence-corrected chi connectivity index (χ4v) is 3.59. The van der Waals surface area contributed by atoms with Crippen LogP contribution >= 0.6 is 0 Å². The Morgan fingerprint density at radius 3 is 2.70 bits per heavy atom. The molecule has 0 aliphatic rings. The molecule has 1 aromatic heterocycles. The molecule has 0 atom stereocenters. The van der Waals surface area contributed by atoms with Crippen molar-refractivity contribution in [1.29, 1.82) is 0 Å². The number of rotatable bonds is 6. The van der Waals surface area contributed by atoms with Crippen molar-refractivity contribution in [3.05, 3.63) is 95.0 Å². The molecule has 0 bridgehead atoms. The lowest BCUT2D eigenvalue weighted by atomic mass is 10.1. The molecule has 0 saturated heterocycles. The van der Waals surface area contributed by atoms with Crippen molar-refractivity contribution in [2.75, 3.05) is 11.9 Å². The minimum atomic E-state index is -0.555. The zero-order valence-corrected chi connectivity index (χ0v) is 17.2. The molecule has 0 aliphatic heterocycles. The number of hydrogen-bond donors (Lipinski definition) is 1. The summed E-state index contributed by atoms with van der Waals surface area (Å²) in [4.78, 5) is 27.5. The van der Waals surface area contributed by atoms with Crippen LogP contribution in [0.25, 0.3) is 33.3 Å². The van der Waals surface area contributed by atoms with Crippen LogP contribution in [0.1, 0.15) is 0 Å². The molecule has 5 aromatic rings. The number of carbonyl (C=O) groups is 1. The normalized spacial score (nSPS) is 10.9. The molecule has 0 unspecified atom stereocenters. The van der Waals surface area contributed by atoms with Crippen LogP contribution in [0, 0.1) is 10.1 Å². The van der Waals surface area contributed by atoms with Gasteiger partial charge in [0.2, 0.25) is 5.89 Å². The van der Waals surface area contributed by atoms with Crippen LogP contribution in [0.5, 0.6) is 5.75 Å². The standard InChI is InChI=1S/C25H17N3O5/c29-23(15-32-21-11-4-3-10-20(21)28(30)31)26-18-8-5-7-17(14-18)25-27-24-19-9-2-1-6-16(19)12-13-22(24)33-25/h1-14H,15H2,(H,26,29). The fourth-order valence-electron chi connectivity index (χ4n) is 3.59. The highest BCUT2D eigenvalue weighted by Gasteiger charge is 2.16. The highest BCUT2D eigenvalue weighted by Crippen LogP contribution is 2.31. The van der Waals surface area contributed by atoms with Crippen molar-refractivity contribution in [2.45, 2.75) is 0 Å². The van der Waals surface area contributed by atoms with Crippen LogP contribution in [0.2, 0.25) is 0 Å². The lowest BCUT2D eigenvalue weighted by molar-refractivity contribution is -0.385. The Morgan fingerprint density at radius 1 is 1.00 bits per heavy atom. The number of nitrogens with zero attached hydrogens (tertiary/aromatic N) is 2. The maximum absolute atomic E-state index is 12.4. The average Bonchev–Trinajstić information content (AvgIpc) is 3.28. The number of anilines is 1. The van der Waals surface area contributed by atoms with Crippen LogP contribution in [-0.4, -0.2) is 22.4 Å². The zero-order chi connectivity index (χ0) is 22.8. The molecule has 8 heteroatoms. The maximum Gasteiger partial charge on any atom is 0.310 e. The minimum absolute atomic E-state index is 0.0325. The molecule has 162 valence electrons. The number of hydrogen-bond acceptors (Lipinski definition) is 6. The van der Waals surface area contributed by atoms with Gasteiger partial charge in [0.15, 0.2) is 17.9 Å². The Balaban J connectivity index is 1.34. The SMILES string of the molecule is O=C(COc1ccccc1[N+](=O)[O-])Nc1cccc(-c2nc3c(ccc4ccccc43)o2)c1. The van der Waals surface area contributed by atoms with Gasteiger partial charge in [-0.05, 0) is 35.7 Å². The summed E-state index contributed by atoms with van der Waals surface area (Å²) in [5.41, 5.74) is 2.48. The molecule has 0 saturated carbocycles. The monoisotopic (exact) mass is 439 g/mol. The number of ether oxygens (including phenoxy) is 1. The summed E-state index contributed by atoms with van der Waals surface area (Å²) in [5.74, 6) is 0.0209. The number of nitro groups is 1. The Labute approximate surface area is 187 Å². The Hall–Kier alpha value is -4.72. The molecule has 8 nitrogen and oxygen atoms in total. The van der Waals surface area contributed by atoms with Gasteiger partial charge in [0.05, 0.1) is 4.92 Å². The van der Waals surface area contributed by atoms with Crippen molar-refractivity contribution >= 4 is 39.2 Å². The second kappa shape index (κ2) is 8.43. The molecular weight excluding hydrogens is 422 g/mol. The second-order valence-corrected chi connectivity index (χ2v) is 7.29. The van der Waals surface area contributed by atoms with Crippen LogP contribution in [-0.2, 0) is 4.79 Å². The third-order valence-corrected chi connectivity index (χ3v) is 5.10. The van der Waals surface area contributed by atoms with Crippen LogP contribution < -0.4 is 10.1 Å². The van der Waals surface area contributed by atoms with Crippen molar-refractivity contribution in [2.24, 2.45) is 0 Å². The van der Waals surface area contributed by atoms with Gasteiger partial charge in [0.1, 0.15) is 5.52 Å². The molecule has 1 N–H and O–H groups in total. The minimum Gasteiger partial charge on any atom is -0.477 e. The molecule has 4 aromatic carbocycles. The Bertz CT molecular complexity index is 1510. The van der Waals surface area contributed by atoms with Crippen molar-refractivity contribution < 1.29 is 18.9 Å². The van der Waals surface area contributed by atoms with E-state index in [2.05, 4.69) is 10.3 Å². The zero-order valence-electron chi connectivity index (χ0n) is 17.2. The van der Waals surface area contributed by atoms with Gasteiger partial charge in [0.25, 0.3) is 5.91 Å². The van der Waals surface area contributed by atoms with E-state index in [0.29, 0.717) is 22.7 Å². The van der Waals surface area contributed by atoms with Crippen molar-refractivity contribution in [3.63, 3.8) is 0 Å². The first-order valence-corrected chi connectivity index (χ1v) is 10.1. The molecule has 1 heterocycles. The Kier molecular flexibility index (Phi) is 5.16. The van der Waals surface area contributed by atoms with Crippen LogP contribution in [0.3, 0.4) is 0 Å². The molecule has 0 fully saturated rings. The van der Waals surface area contributed by atoms with Crippen molar-refractivity contribution in [3.8, 4) is 17.2 Å². The molecule has 0 radical (unpaired) electrons. The van der Waals surface area contributed by atoms with E-state index in [0.717, 1.165) is 16.3 Å². The van der Waals surface area contributed by atoms with Gasteiger partial charge in [-0.25, -0.2) is 4.98 Å². The number of nitrogens with one attached hydrogen (secondary N) is 1. The third kappa shape index (κ3) is 4.09. The van der Waals surface area contributed by atoms with Gasteiger partial charge in [-0.1, -0.05) is 48.5 Å². The smallest absolute Gasteiger partial charge is 0.310 e. The first-order valence-electron chi connectivity index (χ1n) is 10.1. The number of benzene rings is 4. The number of nitro benzene ring substituents is 1. The summed E-state index contributed by atoms with van der Waals surface area (Å²) >= 11 is 0. The molecule has 0 aliphatic carbocycles. The van der Waals surface area contributed by atoms with Gasteiger partial charge in [-0.2, -0.15) is 0 Å². The first-order chi connectivity index (χ1) is 16.1. The number of oxazole rings is 1. The fraction of sp³-hybridized carbons (Fsp3) is 0.0400. The van der Waals surface area contributed by atoms with E-state index in [1.165, 1.54) is 18.2 Å². The third-order valence-electron chi connectivity index (χ3n) is 5.10. The quantitative estimate of drug-likeness (QED) is 0.274. The predicted octanol–water partition coefficient (Wildman–Crippen LogP) is 5.57. The van der Waals surface area contributed by atoms with Gasteiger partial charge in [0, 0.05) is 22.7 Å². The highest BCUT2D eigenvalue weighted by molar-refractivity contribution is 6.04. The lowest BCUT2D eigenvalue weighted by Crippen LogP contribution is -2.20. The summed E-state index contributed by atoms with van der Waals surface area (Å²) in [5, 5.41) is 15.9. The Morgan fingerprint density at radius 2 is 1.82 bits per heavy atom. The number of aromatic nitrogens is 1. The van der Waals surface area contributed by atoms with E-state index in [1.807, 2.05) is 42.5 Å². The largest absolute Gasteiger partial charge is 0.477 e. The average molecular weight is 439 g/mol. The maximum atomic E-state index is 12.4. The van der Waals surface area contributed by atoms with E-state index in [9.17, 15) is 14.9 Å². The number of amides is 1. The van der Waals surface area contributed by atoms with Crippen LogP contribution in [0.4, 0.5) is 11.4 Å². The summed E-state index contributed by atoms with van der Waals surface area (Å²) < 4.78 is 11.3. The topological polar surface area (TPSA) is 108 Å². The van der Waals surface area contributed by atoms with E-state index in [4.69, 9.17) is 9.15 Å². The molecule has 33 heavy (non-hydrogen) atoms. The summed E-state index contributed by atoms with van der Waals surface area (Å²) in [6.45, 7) is -0.371. The molecular formula is C25H17N3O5. The second-order valence-electron chi connectivity index (χ2n) is 7.29. The molecule has 1 amide bonds. The number of para-hydroxylation sites is 2. The van der Waals surface area contributed by atoms with Gasteiger partial charge in [-0.3, -0.25) is 14.9 Å².